The lowest BCUT2D eigenvalue weighted by molar-refractivity contribution is -0.121. The topological polar surface area (TPSA) is 86.9 Å². The predicted octanol–water partition coefficient (Wildman–Crippen LogP) is 2.90. The quantitative estimate of drug-likeness (QED) is 0.565. The molecular formula is C22H24N4O2. The zero-order chi connectivity index (χ0) is 19.8. The second-order valence-corrected chi connectivity index (χ2v) is 6.75. The molecule has 144 valence electrons. The number of benzene rings is 2. The van der Waals surface area contributed by atoms with Gasteiger partial charge in [-0.05, 0) is 42.2 Å². The third kappa shape index (κ3) is 5.81. The van der Waals surface area contributed by atoms with Crippen LogP contribution >= 0.6 is 0 Å². The largest absolute Gasteiger partial charge is 0.352 e. The Kier molecular flexibility index (Phi) is 6.57. The van der Waals surface area contributed by atoms with Crippen molar-refractivity contribution in [2.45, 2.75) is 32.9 Å². The molecule has 3 N–H and O–H groups in total. The molecule has 6 nitrogen and oxygen atoms in total. The van der Waals surface area contributed by atoms with Crippen LogP contribution in [0.25, 0.3) is 0 Å². The lowest BCUT2D eigenvalue weighted by Gasteiger charge is -2.09. The van der Waals surface area contributed by atoms with Crippen molar-refractivity contribution in [2.75, 3.05) is 0 Å². The van der Waals surface area contributed by atoms with Crippen LogP contribution in [0.15, 0.2) is 60.9 Å². The zero-order valence-corrected chi connectivity index (χ0v) is 15.9. The van der Waals surface area contributed by atoms with Gasteiger partial charge in [-0.25, -0.2) is 0 Å². The van der Waals surface area contributed by atoms with Crippen molar-refractivity contribution in [3.05, 3.63) is 88.7 Å². The number of hydrogen-bond acceptors (Lipinski definition) is 3. The number of carbonyl (C=O) groups is 2. The van der Waals surface area contributed by atoms with Crippen LogP contribution in [0.4, 0.5) is 0 Å². The Morgan fingerprint density at radius 3 is 2.50 bits per heavy atom. The summed E-state index contributed by atoms with van der Waals surface area (Å²) >= 11 is 0. The van der Waals surface area contributed by atoms with E-state index in [2.05, 4.69) is 20.8 Å². The van der Waals surface area contributed by atoms with Gasteiger partial charge in [0.1, 0.15) is 0 Å². The number of rotatable bonds is 8. The van der Waals surface area contributed by atoms with Crippen molar-refractivity contribution >= 4 is 11.8 Å². The van der Waals surface area contributed by atoms with Crippen LogP contribution in [-0.2, 0) is 24.3 Å². The normalized spacial score (nSPS) is 10.5. The molecule has 0 radical (unpaired) electrons. The number of hydrogen-bond donors (Lipinski definition) is 3. The van der Waals surface area contributed by atoms with Crippen molar-refractivity contribution < 1.29 is 9.59 Å². The SMILES string of the molecule is Cc1ccc(CNC(=O)c2cccc(CNC(=O)CCc3cn[nH]c3)c2)cc1. The smallest absolute Gasteiger partial charge is 0.251 e. The first-order chi connectivity index (χ1) is 13.6. The zero-order valence-electron chi connectivity index (χ0n) is 15.9. The minimum absolute atomic E-state index is 0.0320. The molecule has 0 unspecified atom stereocenters. The van der Waals surface area contributed by atoms with E-state index < -0.39 is 0 Å². The summed E-state index contributed by atoms with van der Waals surface area (Å²) in [6.07, 6.45) is 4.54. The molecule has 0 fully saturated rings. The number of amides is 2. The molecule has 0 atom stereocenters. The van der Waals surface area contributed by atoms with E-state index in [1.807, 2.05) is 43.3 Å². The fraction of sp³-hybridized carbons (Fsp3) is 0.227. The van der Waals surface area contributed by atoms with Crippen molar-refractivity contribution in [2.24, 2.45) is 0 Å². The van der Waals surface area contributed by atoms with E-state index in [0.717, 1.165) is 16.7 Å². The highest BCUT2D eigenvalue weighted by Gasteiger charge is 2.08. The van der Waals surface area contributed by atoms with E-state index in [0.29, 0.717) is 31.5 Å². The molecule has 0 aliphatic heterocycles. The van der Waals surface area contributed by atoms with Crippen LogP contribution in [0.3, 0.4) is 0 Å². The molecule has 2 aromatic carbocycles. The Morgan fingerprint density at radius 1 is 0.964 bits per heavy atom. The number of aromatic nitrogens is 2. The van der Waals surface area contributed by atoms with Gasteiger partial charge in [-0.3, -0.25) is 14.7 Å². The standard InChI is InChI=1S/C22H24N4O2/c1-16-5-7-17(8-6-16)12-24-22(28)20-4-2-3-18(11-20)13-23-21(27)10-9-19-14-25-26-15-19/h2-8,11,14-15H,9-10,12-13H2,1H3,(H,23,27)(H,24,28)(H,25,26). The molecule has 2 amide bonds. The van der Waals surface area contributed by atoms with Gasteiger partial charge < -0.3 is 10.6 Å². The molecule has 1 aromatic heterocycles. The number of nitrogens with zero attached hydrogens (tertiary/aromatic N) is 1. The summed E-state index contributed by atoms with van der Waals surface area (Å²) in [5, 5.41) is 12.4. The van der Waals surface area contributed by atoms with Gasteiger partial charge in [-0.2, -0.15) is 5.10 Å². The van der Waals surface area contributed by atoms with E-state index in [1.54, 1.807) is 24.5 Å². The molecule has 28 heavy (non-hydrogen) atoms. The number of aromatic amines is 1. The van der Waals surface area contributed by atoms with Gasteiger partial charge in [0.05, 0.1) is 6.20 Å². The molecule has 0 saturated heterocycles. The maximum atomic E-state index is 12.4. The Balaban J connectivity index is 1.47. The van der Waals surface area contributed by atoms with Gasteiger partial charge in [0.2, 0.25) is 5.91 Å². The first-order valence-electron chi connectivity index (χ1n) is 9.27. The molecule has 3 aromatic rings. The summed E-state index contributed by atoms with van der Waals surface area (Å²) in [6, 6.07) is 15.4. The summed E-state index contributed by atoms with van der Waals surface area (Å²) in [4.78, 5) is 24.4. The van der Waals surface area contributed by atoms with Crippen LogP contribution in [0, 0.1) is 6.92 Å². The Morgan fingerprint density at radius 2 is 1.75 bits per heavy atom. The number of aryl methyl sites for hydroxylation is 2. The molecule has 3 rings (SSSR count). The lowest BCUT2D eigenvalue weighted by Crippen LogP contribution is -2.24. The maximum Gasteiger partial charge on any atom is 0.251 e. The predicted molar refractivity (Wildman–Crippen MR) is 108 cm³/mol. The monoisotopic (exact) mass is 376 g/mol. The molecule has 1 heterocycles. The highest BCUT2D eigenvalue weighted by atomic mass is 16.2. The number of H-pyrrole nitrogens is 1. The van der Waals surface area contributed by atoms with E-state index in [4.69, 9.17) is 0 Å². The number of carbonyl (C=O) groups excluding carboxylic acids is 2. The van der Waals surface area contributed by atoms with Crippen LogP contribution < -0.4 is 10.6 Å². The summed E-state index contributed by atoms with van der Waals surface area (Å²) < 4.78 is 0. The minimum Gasteiger partial charge on any atom is -0.352 e. The van der Waals surface area contributed by atoms with Crippen LogP contribution in [0.2, 0.25) is 0 Å². The fourth-order valence-electron chi connectivity index (χ4n) is 2.77. The van der Waals surface area contributed by atoms with Crippen molar-refractivity contribution in [1.82, 2.24) is 20.8 Å². The number of nitrogens with one attached hydrogen (secondary N) is 3. The van der Waals surface area contributed by atoms with E-state index in [-0.39, 0.29) is 11.8 Å². The van der Waals surface area contributed by atoms with Gasteiger partial charge in [0, 0.05) is 31.3 Å². The first-order valence-corrected chi connectivity index (χ1v) is 9.27. The average Bonchev–Trinajstić information content (AvgIpc) is 3.24. The van der Waals surface area contributed by atoms with E-state index >= 15 is 0 Å². The molecule has 0 aliphatic rings. The van der Waals surface area contributed by atoms with Crippen molar-refractivity contribution in [3.63, 3.8) is 0 Å². The Labute approximate surface area is 164 Å². The van der Waals surface area contributed by atoms with Gasteiger partial charge in [0.15, 0.2) is 0 Å². The summed E-state index contributed by atoms with van der Waals surface area (Å²) in [5.74, 6) is -0.163. The third-order valence-electron chi connectivity index (χ3n) is 4.45. The molecule has 0 aliphatic carbocycles. The highest BCUT2D eigenvalue weighted by Crippen LogP contribution is 2.07. The second kappa shape index (κ2) is 9.50. The minimum atomic E-state index is -0.131. The van der Waals surface area contributed by atoms with Crippen LogP contribution in [0.1, 0.15) is 39.0 Å². The molecule has 0 saturated carbocycles. The first kappa shape index (κ1) is 19.4. The lowest BCUT2D eigenvalue weighted by atomic mass is 10.1. The summed E-state index contributed by atoms with van der Waals surface area (Å²) in [5.41, 5.74) is 4.72. The molecular weight excluding hydrogens is 352 g/mol. The summed E-state index contributed by atoms with van der Waals surface area (Å²) in [7, 11) is 0. The van der Waals surface area contributed by atoms with Gasteiger partial charge in [-0.15, -0.1) is 0 Å². The molecule has 0 spiro atoms. The fourth-order valence-corrected chi connectivity index (χ4v) is 2.77. The molecule has 0 bridgehead atoms. The van der Waals surface area contributed by atoms with Crippen LogP contribution in [0.5, 0.6) is 0 Å². The average molecular weight is 376 g/mol. The second-order valence-electron chi connectivity index (χ2n) is 6.75. The van der Waals surface area contributed by atoms with E-state index in [1.165, 1.54) is 5.56 Å². The van der Waals surface area contributed by atoms with Gasteiger partial charge in [-0.1, -0.05) is 42.0 Å². The highest BCUT2D eigenvalue weighted by molar-refractivity contribution is 5.94. The van der Waals surface area contributed by atoms with Gasteiger partial charge in [0.25, 0.3) is 5.91 Å². The Bertz CT molecular complexity index is 918. The maximum absolute atomic E-state index is 12.4. The molecule has 6 heteroatoms. The van der Waals surface area contributed by atoms with Crippen molar-refractivity contribution in [1.29, 1.82) is 0 Å². The van der Waals surface area contributed by atoms with E-state index in [9.17, 15) is 9.59 Å². The van der Waals surface area contributed by atoms with Crippen molar-refractivity contribution in [3.8, 4) is 0 Å². The third-order valence-corrected chi connectivity index (χ3v) is 4.45. The Hall–Kier alpha value is -3.41. The summed E-state index contributed by atoms with van der Waals surface area (Å²) in [6.45, 7) is 2.90. The van der Waals surface area contributed by atoms with Crippen LogP contribution in [-0.4, -0.2) is 22.0 Å². The van der Waals surface area contributed by atoms with Gasteiger partial charge >= 0.3 is 0 Å².